The molecular formula is C63H104O12. The molecule has 3 N–H and O–H groups in total. The Hall–Kier alpha value is -4.10. The highest BCUT2D eigenvalue weighted by Gasteiger charge is 2.50. The fourth-order valence-corrected chi connectivity index (χ4v) is 8.39. The lowest BCUT2D eigenvalue weighted by molar-refractivity contribution is -0.301. The molecule has 75 heavy (non-hydrogen) atoms. The van der Waals surface area contributed by atoms with Gasteiger partial charge in [0.05, 0.1) is 6.61 Å². The van der Waals surface area contributed by atoms with E-state index in [1.165, 1.54) is 25.7 Å². The second-order valence-corrected chi connectivity index (χ2v) is 19.9. The first kappa shape index (κ1) is 68.9. The molecule has 1 aliphatic rings. The van der Waals surface area contributed by atoms with Gasteiger partial charge in [-0.3, -0.25) is 14.4 Å². The molecule has 6 unspecified atom stereocenters. The van der Waals surface area contributed by atoms with Gasteiger partial charge < -0.3 is 39.0 Å². The van der Waals surface area contributed by atoms with Gasteiger partial charge >= 0.3 is 23.9 Å². The highest BCUT2D eigenvalue weighted by molar-refractivity contribution is 5.74. The molecule has 1 saturated heterocycles. The standard InChI is InChI=1S/C63H104O12/c1-4-7-10-13-16-19-22-25-26-27-28-29-30-33-34-37-40-43-46-49-55(64)71-52-54(73-56(65)50-47-44-41-38-35-31-23-20-17-14-11-8-5-2)53-72-63-61(59(68)58(67)60(75-63)62(69)70)74-57(66)51-48-45-42-39-36-32-24-21-18-15-12-9-6-3/h7,10,12,15-16,19-21,23-26,28-29,54,58-61,63,67-68H,4-6,8-9,11,13-14,17-18,22,27,30-53H2,1-3H3,(H,69,70)/b10-7-,15-12-,19-16-,23-20-,24-21-,26-25-,29-28-. The fraction of sp³-hybridized carbons (Fsp3) is 0.714. The lowest BCUT2D eigenvalue weighted by Gasteiger charge is -2.40. The van der Waals surface area contributed by atoms with Crippen molar-refractivity contribution in [3.05, 3.63) is 85.1 Å². The Morgan fingerprint density at radius 1 is 0.453 bits per heavy atom. The molecule has 0 amide bonds. The first-order chi connectivity index (χ1) is 36.6. The topological polar surface area (TPSA) is 175 Å². The third-order valence-electron chi connectivity index (χ3n) is 12.9. The van der Waals surface area contributed by atoms with Crippen LogP contribution < -0.4 is 0 Å². The monoisotopic (exact) mass is 1050 g/mol. The quantitative estimate of drug-likeness (QED) is 0.0228. The Balaban J connectivity index is 2.70. The maximum Gasteiger partial charge on any atom is 0.335 e. The number of rotatable bonds is 49. The number of unbranched alkanes of at least 4 members (excludes halogenated alkanes) is 21. The lowest BCUT2D eigenvalue weighted by atomic mass is 9.98. The van der Waals surface area contributed by atoms with Gasteiger partial charge in [-0.2, -0.15) is 0 Å². The molecular weight excluding hydrogens is 949 g/mol. The van der Waals surface area contributed by atoms with Crippen LogP contribution in [0.1, 0.15) is 239 Å². The van der Waals surface area contributed by atoms with E-state index in [2.05, 4.69) is 106 Å². The summed E-state index contributed by atoms with van der Waals surface area (Å²) < 4.78 is 28.4. The predicted octanol–water partition coefficient (Wildman–Crippen LogP) is 15.1. The number of carbonyl (C=O) groups is 4. The average molecular weight is 1050 g/mol. The zero-order valence-corrected chi connectivity index (χ0v) is 47.0. The zero-order chi connectivity index (χ0) is 54.7. The smallest absolute Gasteiger partial charge is 0.335 e. The maximum absolute atomic E-state index is 13.1. The summed E-state index contributed by atoms with van der Waals surface area (Å²) in [4.78, 5) is 51.1. The van der Waals surface area contributed by atoms with E-state index in [0.29, 0.717) is 19.3 Å². The Bertz CT molecular complexity index is 1630. The van der Waals surface area contributed by atoms with Crippen molar-refractivity contribution in [1.29, 1.82) is 0 Å². The molecule has 0 radical (unpaired) electrons. The van der Waals surface area contributed by atoms with Gasteiger partial charge in [-0.1, -0.05) is 196 Å². The normalized spacial score (nSPS) is 18.8. The molecule has 0 spiro atoms. The van der Waals surface area contributed by atoms with Crippen LogP contribution in [0.5, 0.6) is 0 Å². The van der Waals surface area contributed by atoms with Crippen molar-refractivity contribution in [1.82, 2.24) is 0 Å². The highest BCUT2D eigenvalue weighted by Crippen LogP contribution is 2.26. The summed E-state index contributed by atoms with van der Waals surface area (Å²) in [5.74, 6) is -3.17. The van der Waals surface area contributed by atoms with Crippen LogP contribution in [-0.2, 0) is 42.9 Å². The third kappa shape index (κ3) is 40.8. The van der Waals surface area contributed by atoms with Crippen LogP contribution in [0.3, 0.4) is 0 Å². The second-order valence-electron chi connectivity index (χ2n) is 19.9. The van der Waals surface area contributed by atoms with Gasteiger partial charge in [0, 0.05) is 19.3 Å². The van der Waals surface area contributed by atoms with Crippen LogP contribution in [0.15, 0.2) is 85.1 Å². The Kier molecular flexibility index (Phi) is 46.6. The van der Waals surface area contributed by atoms with Gasteiger partial charge in [0.15, 0.2) is 24.6 Å². The minimum absolute atomic E-state index is 0.0392. The molecule has 6 atom stereocenters. The predicted molar refractivity (Wildman–Crippen MR) is 303 cm³/mol. The van der Waals surface area contributed by atoms with Gasteiger partial charge in [0.2, 0.25) is 0 Å². The summed E-state index contributed by atoms with van der Waals surface area (Å²) in [6.45, 7) is 5.77. The zero-order valence-electron chi connectivity index (χ0n) is 47.0. The number of ether oxygens (including phenoxy) is 5. The average Bonchev–Trinajstić information content (AvgIpc) is 3.39. The number of aliphatic hydroxyl groups excluding tert-OH is 2. The first-order valence-electron chi connectivity index (χ1n) is 29.6. The van der Waals surface area contributed by atoms with Gasteiger partial charge in [0.25, 0.3) is 0 Å². The van der Waals surface area contributed by atoms with Crippen LogP contribution in [0.2, 0.25) is 0 Å². The number of hydrogen-bond donors (Lipinski definition) is 3. The molecule has 1 rings (SSSR count). The van der Waals surface area contributed by atoms with E-state index in [1.807, 2.05) is 0 Å². The van der Waals surface area contributed by atoms with E-state index < -0.39 is 67.3 Å². The van der Waals surface area contributed by atoms with E-state index >= 15 is 0 Å². The molecule has 0 saturated carbocycles. The molecule has 1 heterocycles. The second kappa shape index (κ2) is 50.7. The number of carboxylic acids is 1. The molecule has 0 aromatic heterocycles. The lowest BCUT2D eigenvalue weighted by Crippen LogP contribution is -2.61. The minimum atomic E-state index is -1.91. The molecule has 0 aromatic rings. The summed E-state index contributed by atoms with van der Waals surface area (Å²) in [6, 6.07) is 0. The Morgan fingerprint density at radius 3 is 1.35 bits per heavy atom. The number of carboxylic acid groups (broad SMARTS) is 1. The number of carbonyl (C=O) groups excluding carboxylic acids is 3. The number of allylic oxidation sites excluding steroid dienone is 14. The molecule has 0 aliphatic carbocycles. The van der Waals surface area contributed by atoms with Crippen LogP contribution in [0.25, 0.3) is 0 Å². The van der Waals surface area contributed by atoms with Crippen molar-refractivity contribution in [2.24, 2.45) is 0 Å². The largest absolute Gasteiger partial charge is 0.479 e. The van der Waals surface area contributed by atoms with Crippen LogP contribution >= 0.6 is 0 Å². The van der Waals surface area contributed by atoms with E-state index in [1.54, 1.807) is 0 Å². The van der Waals surface area contributed by atoms with Crippen molar-refractivity contribution in [2.75, 3.05) is 13.2 Å². The highest BCUT2D eigenvalue weighted by atomic mass is 16.7. The van der Waals surface area contributed by atoms with Crippen molar-refractivity contribution in [3.8, 4) is 0 Å². The van der Waals surface area contributed by atoms with Gasteiger partial charge in [0.1, 0.15) is 18.8 Å². The maximum atomic E-state index is 13.1. The van der Waals surface area contributed by atoms with E-state index in [4.69, 9.17) is 23.7 Å². The summed E-state index contributed by atoms with van der Waals surface area (Å²) in [7, 11) is 0. The first-order valence-corrected chi connectivity index (χ1v) is 29.6. The molecule has 12 heteroatoms. The van der Waals surface area contributed by atoms with Crippen LogP contribution in [0, 0.1) is 0 Å². The van der Waals surface area contributed by atoms with Gasteiger partial charge in [-0.25, -0.2) is 4.79 Å². The van der Waals surface area contributed by atoms with Crippen molar-refractivity contribution in [3.63, 3.8) is 0 Å². The Labute approximate surface area is 454 Å². The van der Waals surface area contributed by atoms with Crippen LogP contribution in [0.4, 0.5) is 0 Å². The fourth-order valence-electron chi connectivity index (χ4n) is 8.39. The summed E-state index contributed by atoms with van der Waals surface area (Å²) in [5.41, 5.74) is 0. The van der Waals surface area contributed by atoms with Crippen molar-refractivity contribution < 1.29 is 58.2 Å². The molecule has 428 valence electrons. The molecule has 0 aromatic carbocycles. The minimum Gasteiger partial charge on any atom is -0.479 e. The number of aliphatic hydroxyl groups is 2. The van der Waals surface area contributed by atoms with E-state index in [0.717, 1.165) is 154 Å². The van der Waals surface area contributed by atoms with Crippen molar-refractivity contribution in [2.45, 2.75) is 276 Å². The van der Waals surface area contributed by atoms with E-state index in [9.17, 15) is 34.5 Å². The van der Waals surface area contributed by atoms with E-state index in [-0.39, 0.29) is 25.9 Å². The van der Waals surface area contributed by atoms with Crippen LogP contribution in [-0.4, -0.2) is 89.2 Å². The van der Waals surface area contributed by atoms with Gasteiger partial charge in [-0.15, -0.1) is 0 Å². The molecule has 1 fully saturated rings. The third-order valence-corrected chi connectivity index (χ3v) is 12.9. The molecule has 12 nitrogen and oxygen atoms in total. The number of hydrogen-bond acceptors (Lipinski definition) is 11. The summed E-state index contributed by atoms with van der Waals surface area (Å²) in [6.07, 6.45) is 52.6. The van der Waals surface area contributed by atoms with Crippen molar-refractivity contribution >= 4 is 23.9 Å². The summed E-state index contributed by atoms with van der Waals surface area (Å²) in [5, 5.41) is 31.4. The molecule has 1 aliphatic heterocycles. The number of esters is 3. The molecule has 0 bridgehead atoms. The summed E-state index contributed by atoms with van der Waals surface area (Å²) >= 11 is 0. The Morgan fingerprint density at radius 2 is 0.867 bits per heavy atom. The van der Waals surface area contributed by atoms with Gasteiger partial charge in [-0.05, 0) is 109 Å². The number of aliphatic carboxylic acids is 1. The SMILES string of the molecule is CC/C=C\C/C=C\C/C=C\C/C=C\CCCCCCCCC(=O)OCC(COC1OC(C(=O)O)C(O)C(O)C1OC(=O)CCCCCCC/C=C\C/C=C\CCC)OC(=O)CCCCCCC/C=C\CCCCCC.